The molecule has 1 aliphatic rings. The maximum Gasteiger partial charge on any atom is 0.300 e. The molecule has 0 saturated carbocycles. The number of ether oxygens (including phenoxy) is 2. The van der Waals surface area contributed by atoms with E-state index in [1.165, 1.54) is 49.8 Å². The molecule has 4 rings (SSSR count). The topological polar surface area (TPSA) is 96.3 Å². The second kappa shape index (κ2) is 8.57. The van der Waals surface area contributed by atoms with Crippen LogP contribution in [0, 0.1) is 0 Å². The number of hydrogen-bond donors (Lipinski definition) is 2. The van der Waals surface area contributed by atoms with Gasteiger partial charge in [0.15, 0.2) is 0 Å². The highest BCUT2D eigenvalue weighted by Crippen LogP contribution is 2.47. The standard InChI is InChI=1S/C23H18ClNO6S/c1-30-13-6-8-17(31-2)14(11-13)21(27)19-20(18-4-3-9-32-18)25(23(29)22(19)28)15-10-12(24)5-7-16(15)26/h3-11,20,26-27H,1-2H3/b21-19-. The van der Waals surface area contributed by atoms with Gasteiger partial charge in [0.2, 0.25) is 0 Å². The van der Waals surface area contributed by atoms with Gasteiger partial charge in [0, 0.05) is 9.90 Å². The summed E-state index contributed by atoms with van der Waals surface area (Å²) in [6, 6.07) is 11.5. The van der Waals surface area contributed by atoms with E-state index >= 15 is 0 Å². The summed E-state index contributed by atoms with van der Waals surface area (Å²) in [7, 11) is 2.90. The van der Waals surface area contributed by atoms with Crippen LogP contribution in [0.1, 0.15) is 16.5 Å². The third kappa shape index (κ3) is 3.57. The van der Waals surface area contributed by atoms with E-state index in [1.54, 1.807) is 29.6 Å². The molecule has 0 bridgehead atoms. The normalized spacial score (nSPS) is 17.6. The Labute approximate surface area is 192 Å². The van der Waals surface area contributed by atoms with Crippen molar-refractivity contribution in [3.8, 4) is 17.2 Å². The first kappa shape index (κ1) is 21.7. The lowest BCUT2D eigenvalue weighted by molar-refractivity contribution is -0.132. The van der Waals surface area contributed by atoms with Crippen LogP contribution in [0.15, 0.2) is 59.5 Å². The van der Waals surface area contributed by atoms with Crippen LogP contribution in [0.4, 0.5) is 5.69 Å². The van der Waals surface area contributed by atoms with Crippen LogP contribution in [-0.4, -0.2) is 36.1 Å². The van der Waals surface area contributed by atoms with E-state index in [9.17, 15) is 19.8 Å². The molecule has 9 heteroatoms. The number of anilines is 1. The van der Waals surface area contributed by atoms with E-state index < -0.39 is 23.5 Å². The highest BCUT2D eigenvalue weighted by molar-refractivity contribution is 7.10. The van der Waals surface area contributed by atoms with Crippen molar-refractivity contribution < 1.29 is 29.3 Å². The van der Waals surface area contributed by atoms with Crippen molar-refractivity contribution in [1.82, 2.24) is 0 Å². The number of Topliss-reactive ketones (excluding diaryl/α,β-unsaturated/α-hetero) is 1. The van der Waals surface area contributed by atoms with Gasteiger partial charge in [-0.2, -0.15) is 0 Å². The summed E-state index contributed by atoms with van der Waals surface area (Å²) in [5, 5.41) is 23.8. The zero-order valence-electron chi connectivity index (χ0n) is 17.0. The van der Waals surface area contributed by atoms with Crippen molar-refractivity contribution in [3.05, 3.63) is 74.9 Å². The Morgan fingerprint density at radius 2 is 1.88 bits per heavy atom. The van der Waals surface area contributed by atoms with Crippen molar-refractivity contribution in [2.24, 2.45) is 0 Å². The van der Waals surface area contributed by atoms with Crippen LogP contribution < -0.4 is 14.4 Å². The molecule has 3 aromatic rings. The largest absolute Gasteiger partial charge is 0.507 e. The quantitative estimate of drug-likeness (QED) is 0.316. The van der Waals surface area contributed by atoms with Gasteiger partial charge in [-0.05, 0) is 47.8 Å². The third-order valence-corrected chi connectivity index (χ3v) is 6.28. The average molecular weight is 472 g/mol. The first-order chi connectivity index (χ1) is 15.4. The fourth-order valence-electron chi connectivity index (χ4n) is 3.63. The molecule has 164 valence electrons. The number of thiophene rings is 1. The second-order valence-electron chi connectivity index (χ2n) is 6.88. The van der Waals surface area contributed by atoms with E-state index in [-0.39, 0.29) is 27.6 Å². The second-order valence-corrected chi connectivity index (χ2v) is 8.30. The minimum Gasteiger partial charge on any atom is -0.507 e. The van der Waals surface area contributed by atoms with Gasteiger partial charge in [0.05, 0.1) is 31.0 Å². The molecule has 1 fully saturated rings. The first-order valence-corrected chi connectivity index (χ1v) is 10.7. The number of nitrogens with zero attached hydrogens (tertiary/aromatic N) is 1. The SMILES string of the molecule is COc1ccc(OC)c(/C(O)=C2/C(=O)C(=O)N(c3cc(Cl)ccc3O)C2c2cccs2)c1. The lowest BCUT2D eigenvalue weighted by atomic mass is 9.99. The summed E-state index contributed by atoms with van der Waals surface area (Å²) in [5.74, 6) is -1.71. The van der Waals surface area contributed by atoms with Gasteiger partial charge in [-0.15, -0.1) is 11.3 Å². The van der Waals surface area contributed by atoms with Crippen LogP contribution in [0.25, 0.3) is 5.76 Å². The van der Waals surface area contributed by atoms with Gasteiger partial charge in [-0.1, -0.05) is 17.7 Å². The van der Waals surface area contributed by atoms with Crippen LogP contribution >= 0.6 is 22.9 Å². The van der Waals surface area contributed by atoms with Crippen molar-refractivity contribution in [2.75, 3.05) is 19.1 Å². The number of carbonyl (C=O) groups excluding carboxylic acids is 2. The Morgan fingerprint density at radius 3 is 2.53 bits per heavy atom. The molecular weight excluding hydrogens is 454 g/mol. The van der Waals surface area contributed by atoms with Gasteiger partial charge in [0.25, 0.3) is 11.7 Å². The van der Waals surface area contributed by atoms with E-state index in [2.05, 4.69) is 0 Å². The molecule has 2 N–H and O–H groups in total. The summed E-state index contributed by atoms with van der Waals surface area (Å²) in [5.41, 5.74) is 0.125. The fraction of sp³-hybridized carbons (Fsp3) is 0.130. The Bertz CT molecular complexity index is 1240. The molecule has 1 atom stereocenters. The maximum atomic E-state index is 13.2. The van der Waals surface area contributed by atoms with Crippen LogP contribution in [-0.2, 0) is 9.59 Å². The van der Waals surface area contributed by atoms with Gasteiger partial charge in [0.1, 0.15) is 29.0 Å². The minimum atomic E-state index is -0.977. The summed E-state index contributed by atoms with van der Waals surface area (Å²) in [4.78, 5) is 28.1. The van der Waals surface area contributed by atoms with Gasteiger partial charge in [-0.25, -0.2) is 0 Å². The van der Waals surface area contributed by atoms with Crippen LogP contribution in [0.2, 0.25) is 5.02 Å². The van der Waals surface area contributed by atoms with Crippen LogP contribution in [0.3, 0.4) is 0 Å². The van der Waals surface area contributed by atoms with Crippen molar-refractivity contribution in [2.45, 2.75) is 6.04 Å². The Morgan fingerprint density at radius 1 is 1.09 bits per heavy atom. The molecule has 0 aliphatic carbocycles. The predicted molar refractivity (Wildman–Crippen MR) is 122 cm³/mol. The number of rotatable bonds is 5. The molecule has 1 aliphatic heterocycles. The zero-order valence-corrected chi connectivity index (χ0v) is 18.6. The number of aliphatic hydroxyl groups excluding tert-OH is 1. The van der Waals surface area contributed by atoms with Crippen LogP contribution in [0.5, 0.6) is 17.2 Å². The molecule has 2 heterocycles. The predicted octanol–water partition coefficient (Wildman–Crippen LogP) is 4.75. The summed E-state index contributed by atoms with van der Waals surface area (Å²) in [6.07, 6.45) is 0. The molecule has 32 heavy (non-hydrogen) atoms. The molecular formula is C23H18ClNO6S. The highest BCUT2D eigenvalue weighted by Gasteiger charge is 2.48. The number of amides is 1. The number of aliphatic hydroxyl groups is 1. The van der Waals surface area contributed by atoms with Gasteiger partial charge < -0.3 is 19.7 Å². The third-order valence-electron chi connectivity index (χ3n) is 5.12. The fourth-order valence-corrected chi connectivity index (χ4v) is 4.62. The number of aromatic hydroxyl groups is 1. The van der Waals surface area contributed by atoms with E-state index in [1.807, 2.05) is 0 Å². The molecule has 1 unspecified atom stereocenters. The van der Waals surface area contributed by atoms with Crippen molar-refractivity contribution in [1.29, 1.82) is 0 Å². The van der Waals surface area contributed by atoms with Crippen molar-refractivity contribution >= 4 is 46.1 Å². The number of methoxy groups -OCH3 is 2. The lowest BCUT2D eigenvalue weighted by Gasteiger charge is -2.25. The van der Waals surface area contributed by atoms with E-state index in [0.29, 0.717) is 16.4 Å². The number of hydrogen-bond acceptors (Lipinski definition) is 7. The smallest absolute Gasteiger partial charge is 0.300 e. The first-order valence-electron chi connectivity index (χ1n) is 9.42. The number of ketones is 1. The molecule has 0 spiro atoms. The molecule has 1 aromatic heterocycles. The zero-order chi connectivity index (χ0) is 23.0. The van der Waals surface area contributed by atoms with E-state index in [0.717, 1.165) is 4.90 Å². The van der Waals surface area contributed by atoms with Gasteiger partial charge >= 0.3 is 0 Å². The summed E-state index contributed by atoms with van der Waals surface area (Å²) >= 11 is 7.40. The number of phenols is 1. The minimum absolute atomic E-state index is 0.0645. The summed E-state index contributed by atoms with van der Waals surface area (Å²) < 4.78 is 10.6. The molecule has 0 radical (unpaired) electrons. The van der Waals surface area contributed by atoms with Gasteiger partial charge in [-0.3, -0.25) is 14.5 Å². The molecule has 7 nitrogen and oxygen atoms in total. The Balaban J connectivity index is 1.99. The number of benzene rings is 2. The average Bonchev–Trinajstić information content (AvgIpc) is 3.41. The molecule has 2 aromatic carbocycles. The Kier molecular flexibility index (Phi) is 5.82. The number of halogens is 1. The maximum absolute atomic E-state index is 13.2. The van der Waals surface area contributed by atoms with Crippen molar-refractivity contribution in [3.63, 3.8) is 0 Å². The number of phenolic OH excluding ortho intramolecular Hbond substituents is 1. The molecule has 1 amide bonds. The number of carbonyl (C=O) groups is 2. The lowest BCUT2D eigenvalue weighted by Crippen LogP contribution is -2.29. The molecule has 1 saturated heterocycles. The van der Waals surface area contributed by atoms with E-state index in [4.69, 9.17) is 21.1 Å². The monoisotopic (exact) mass is 471 g/mol. The summed E-state index contributed by atoms with van der Waals surface area (Å²) in [6.45, 7) is 0. The highest BCUT2D eigenvalue weighted by atomic mass is 35.5. The Hall–Kier alpha value is -3.49.